The highest BCUT2D eigenvalue weighted by Gasteiger charge is 2.23. The van der Waals surface area contributed by atoms with Crippen LogP contribution < -0.4 is 20.9 Å². The van der Waals surface area contributed by atoms with Gasteiger partial charge in [-0.15, -0.1) is 0 Å². The van der Waals surface area contributed by atoms with E-state index in [1.807, 2.05) is 13.8 Å². The van der Waals surface area contributed by atoms with Crippen molar-refractivity contribution in [1.29, 1.82) is 0 Å². The molecule has 5 rings (SSSR count). The molecule has 1 aliphatic heterocycles. The molecule has 0 unspecified atom stereocenters. The lowest BCUT2D eigenvalue weighted by Gasteiger charge is -2.26. The van der Waals surface area contributed by atoms with Gasteiger partial charge in [0.05, 0.1) is 11.9 Å². The number of anilines is 2. The second-order valence-electron chi connectivity index (χ2n) is 9.85. The molecule has 1 fully saturated rings. The van der Waals surface area contributed by atoms with E-state index < -0.39 is 33.3 Å². The summed E-state index contributed by atoms with van der Waals surface area (Å²) in [6.07, 6.45) is 2.19. The average Bonchev–Trinajstić information content (AvgIpc) is 2.90. The van der Waals surface area contributed by atoms with Crippen molar-refractivity contribution < 1.29 is 17.2 Å². The van der Waals surface area contributed by atoms with Gasteiger partial charge in [-0.2, -0.15) is 4.98 Å². The third-order valence-corrected chi connectivity index (χ3v) is 7.59. The molecule has 40 heavy (non-hydrogen) atoms. The Hall–Kier alpha value is -4.04. The molecule has 4 aromatic rings. The molecule has 14 heteroatoms. The highest BCUT2D eigenvalue weighted by Crippen LogP contribution is 2.22. The fourth-order valence-electron chi connectivity index (χ4n) is 4.53. The fourth-order valence-corrected chi connectivity index (χ4v) is 5.68. The summed E-state index contributed by atoms with van der Waals surface area (Å²) in [5, 5.41) is 6.14. The summed E-state index contributed by atoms with van der Waals surface area (Å²) in [6.45, 7) is 4.55. The summed E-state index contributed by atoms with van der Waals surface area (Å²) < 4.78 is 56.6. The quantitative estimate of drug-likeness (QED) is 0.291. The van der Waals surface area contributed by atoms with E-state index in [0.717, 1.165) is 0 Å². The lowest BCUT2D eigenvalue weighted by atomic mass is 10.1. The zero-order valence-corrected chi connectivity index (χ0v) is 22.6. The predicted molar refractivity (Wildman–Crippen MR) is 148 cm³/mol. The Morgan fingerprint density at radius 3 is 2.60 bits per heavy atom. The van der Waals surface area contributed by atoms with Gasteiger partial charge in [0, 0.05) is 48.9 Å². The van der Waals surface area contributed by atoms with Gasteiger partial charge in [-0.05, 0) is 32.0 Å². The van der Waals surface area contributed by atoms with Crippen molar-refractivity contribution >= 4 is 33.0 Å². The van der Waals surface area contributed by atoms with Crippen LogP contribution in [0.25, 0.3) is 22.4 Å². The van der Waals surface area contributed by atoms with Crippen LogP contribution in [0.3, 0.4) is 0 Å². The SMILES string of the molecule is CC(C)n1c(=O)c(-c2ccc(NS(=O)(=O)Cc3ccccc3F)nc2)nc2cnc(N[C@@H]3CNC[C@@H](F)C3)nc21. The Morgan fingerprint density at radius 1 is 1.10 bits per heavy atom. The van der Waals surface area contributed by atoms with Crippen LogP contribution in [0.1, 0.15) is 31.9 Å². The number of fused-ring (bicyclic) bond motifs is 1. The third kappa shape index (κ3) is 6.07. The first-order valence-electron chi connectivity index (χ1n) is 12.7. The molecule has 2 atom stereocenters. The van der Waals surface area contributed by atoms with Crippen molar-refractivity contribution in [3.8, 4) is 11.3 Å². The molecule has 1 aromatic carbocycles. The summed E-state index contributed by atoms with van der Waals surface area (Å²) in [4.78, 5) is 30.9. The van der Waals surface area contributed by atoms with Crippen molar-refractivity contribution in [3.63, 3.8) is 0 Å². The minimum atomic E-state index is -3.94. The van der Waals surface area contributed by atoms with Gasteiger partial charge < -0.3 is 10.6 Å². The lowest BCUT2D eigenvalue weighted by Crippen LogP contribution is -2.44. The predicted octanol–water partition coefficient (Wildman–Crippen LogP) is 3.02. The van der Waals surface area contributed by atoms with Gasteiger partial charge in [0.15, 0.2) is 5.65 Å². The standard InChI is InChI=1S/C26H28F2N8O3S/c1-15(2)36-24-21(13-31-26(34-24)32-19-9-18(27)11-29-12-19)33-23(25(36)37)16-7-8-22(30-10-16)35-40(38,39)14-17-5-3-4-6-20(17)28/h3-8,10,13,15,18-19,29H,9,11-12,14H2,1-2H3,(H,30,35)(H,31,32,34)/t18-,19-/m0/s1. The second-order valence-corrected chi connectivity index (χ2v) is 11.6. The monoisotopic (exact) mass is 570 g/mol. The number of hydrogen-bond acceptors (Lipinski definition) is 9. The number of rotatable bonds is 8. The van der Waals surface area contributed by atoms with Crippen molar-refractivity contribution in [2.45, 2.75) is 44.3 Å². The first-order valence-corrected chi connectivity index (χ1v) is 14.4. The molecule has 0 radical (unpaired) electrons. The highest BCUT2D eigenvalue weighted by atomic mass is 32.2. The van der Waals surface area contributed by atoms with E-state index in [0.29, 0.717) is 36.2 Å². The van der Waals surface area contributed by atoms with E-state index >= 15 is 0 Å². The number of piperidine rings is 1. The van der Waals surface area contributed by atoms with Gasteiger partial charge >= 0.3 is 0 Å². The molecule has 4 heterocycles. The second kappa shape index (κ2) is 11.2. The van der Waals surface area contributed by atoms with Crippen LogP contribution in [0.4, 0.5) is 20.5 Å². The van der Waals surface area contributed by atoms with Crippen LogP contribution >= 0.6 is 0 Å². The van der Waals surface area contributed by atoms with Crippen LogP contribution in [-0.2, 0) is 15.8 Å². The van der Waals surface area contributed by atoms with Crippen LogP contribution in [0.2, 0.25) is 0 Å². The van der Waals surface area contributed by atoms with Gasteiger partial charge in [-0.25, -0.2) is 32.2 Å². The smallest absolute Gasteiger partial charge is 0.279 e. The first kappa shape index (κ1) is 27.5. The van der Waals surface area contributed by atoms with E-state index in [-0.39, 0.29) is 35.1 Å². The van der Waals surface area contributed by atoms with Crippen LogP contribution in [-0.4, -0.2) is 58.2 Å². The van der Waals surface area contributed by atoms with E-state index in [1.54, 1.807) is 6.07 Å². The molecule has 3 N–H and O–H groups in total. The maximum atomic E-state index is 13.9. The van der Waals surface area contributed by atoms with E-state index in [2.05, 4.69) is 35.3 Å². The number of nitrogens with one attached hydrogen (secondary N) is 3. The summed E-state index contributed by atoms with van der Waals surface area (Å²) in [6, 6.07) is 8.07. The first-order chi connectivity index (χ1) is 19.1. The van der Waals surface area contributed by atoms with Gasteiger partial charge in [-0.3, -0.25) is 14.1 Å². The number of pyridine rings is 1. The number of nitrogens with zero attached hydrogens (tertiary/aromatic N) is 5. The maximum Gasteiger partial charge on any atom is 0.279 e. The lowest BCUT2D eigenvalue weighted by molar-refractivity contribution is 0.254. The van der Waals surface area contributed by atoms with Crippen molar-refractivity contribution in [2.24, 2.45) is 0 Å². The normalized spacial score (nSPS) is 17.7. The molecule has 0 amide bonds. The Morgan fingerprint density at radius 2 is 1.90 bits per heavy atom. The third-order valence-electron chi connectivity index (χ3n) is 6.38. The minimum absolute atomic E-state index is 0.0110. The summed E-state index contributed by atoms with van der Waals surface area (Å²) >= 11 is 0. The Balaban J connectivity index is 1.41. The van der Waals surface area contributed by atoms with Gasteiger partial charge in [0.25, 0.3) is 5.56 Å². The summed E-state index contributed by atoms with van der Waals surface area (Å²) in [5.41, 5.74) is 0.771. The van der Waals surface area contributed by atoms with Gasteiger partial charge in [-0.1, -0.05) is 18.2 Å². The number of alkyl halides is 1. The maximum absolute atomic E-state index is 13.9. The van der Waals surface area contributed by atoms with Gasteiger partial charge in [0.1, 0.15) is 29.0 Å². The Labute approximate surface area is 229 Å². The molecular weight excluding hydrogens is 542 g/mol. The molecule has 1 aliphatic rings. The molecule has 3 aromatic heterocycles. The van der Waals surface area contributed by atoms with Crippen LogP contribution in [0.5, 0.6) is 0 Å². The number of aromatic nitrogens is 5. The fraction of sp³-hybridized carbons (Fsp3) is 0.346. The highest BCUT2D eigenvalue weighted by molar-refractivity contribution is 7.91. The summed E-state index contributed by atoms with van der Waals surface area (Å²) in [7, 11) is -3.94. The summed E-state index contributed by atoms with van der Waals surface area (Å²) in [5.74, 6) is -0.898. The van der Waals surface area contributed by atoms with E-state index in [9.17, 15) is 22.0 Å². The zero-order chi connectivity index (χ0) is 28.4. The topological polar surface area (TPSA) is 144 Å². The van der Waals surface area contributed by atoms with Crippen LogP contribution in [0, 0.1) is 5.82 Å². The van der Waals surface area contributed by atoms with Crippen molar-refractivity contribution in [3.05, 3.63) is 70.5 Å². The van der Waals surface area contributed by atoms with E-state index in [4.69, 9.17) is 0 Å². The number of halogens is 2. The molecule has 210 valence electrons. The number of sulfonamides is 1. The van der Waals surface area contributed by atoms with Gasteiger partial charge in [0.2, 0.25) is 16.0 Å². The van der Waals surface area contributed by atoms with Crippen LogP contribution in [0.15, 0.2) is 53.6 Å². The number of hydrogen-bond donors (Lipinski definition) is 3. The number of benzene rings is 1. The molecular formula is C26H28F2N8O3S. The molecule has 0 saturated carbocycles. The average molecular weight is 571 g/mol. The molecule has 11 nitrogen and oxygen atoms in total. The molecule has 0 aliphatic carbocycles. The zero-order valence-electron chi connectivity index (χ0n) is 21.8. The molecule has 0 bridgehead atoms. The van der Waals surface area contributed by atoms with E-state index in [1.165, 1.54) is 47.3 Å². The largest absolute Gasteiger partial charge is 0.350 e. The molecule has 1 saturated heterocycles. The van der Waals surface area contributed by atoms with Crippen molar-refractivity contribution in [2.75, 3.05) is 23.1 Å². The van der Waals surface area contributed by atoms with Crippen molar-refractivity contribution in [1.82, 2.24) is 29.8 Å². The minimum Gasteiger partial charge on any atom is -0.350 e. The Kier molecular flexibility index (Phi) is 7.72. The Bertz CT molecular complexity index is 1700. The molecule has 0 spiro atoms.